The van der Waals surface area contributed by atoms with Gasteiger partial charge in [-0.05, 0) is 25.1 Å². The molecule has 0 aliphatic heterocycles. The van der Waals surface area contributed by atoms with Crippen LogP contribution in [0, 0.1) is 17.1 Å². The number of halogens is 1. The van der Waals surface area contributed by atoms with Gasteiger partial charge >= 0.3 is 0 Å². The number of hydrogen-bond donors (Lipinski definition) is 2. The molecule has 1 amide bonds. The zero-order valence-corrected chi connectivity index (χ0v) is 9.59. The van der Waals surface area contributed by atoms with Crippen molar-refractivity contribution in [3.63, 3.8) is 0 Å². The Labute approximate surface area is 99.4 Å². The molecule has 0 atom stereocenters. The molecule has 1 aromatic rings. The molecule has 0 aliphatic carbocycles. The molecule has 0 heterocycles. The summed E-state index contributed by atoms with van der Waals surface area (Å²) in [6.07, 6.45) is 0.285. The predicted molar refractivity (Wildman–Crippen MR) is 62.9 cm³/mol. The van der Waals surface area contributed by atoms with E-state index in [-0.39, 0.29) is 17.9 Å². The molecule has 0 unspecified atom stereocenters. The molecule has 4 nitrogen and oxygen atoms in total. The highest BCUT2D eigenvalue weighted by Crippen LogP contribution is 2.14. The lowest BCUT2D eigenvalue weighted by atomic mass is 10.2. The van der Waals surface area contributed by atoms with E-state index in [2.05, 4.69) is 10.6 Å². The molecule has 90 valence electrons. The normalized spacial score (nSPS) is 9.47. The van der Waals surface area contributed by atoms with Crippen LogP contribution in [0.3, 0.4) is 0 Å². The molecular weight excluding hydrogens is 221 g/mol. The molecule has 0 fully saturated rings. The summed E-state index contributed by atoms with van der Waals surface area (Å²) < 4.78 is 13.4. The number of carbonyl (C=O) groups is 1. The fraction of sp³-hybridized carbons (Fsp3) is 0.333. The molecule has 0 saturated carbocycles. The van der Waals surface area contributed by atoms with E-state index in [4.69, 9.17) is 5.26 Å². The standard InChI is InChI=1S/C12H14FN3O/c1-2-15-12(17)5-6-16-11-4-3-9(8-14)7-10(11)13/h3-4,7,16H,2,5-6H2,1H3,(H,15,17). The van der Waals surface area contributed by atoms with E-state index in [1.54, 1.807) is 0 Å². The summed E-state index contributed by atoms with van der Waals surface area (Å²) in [5.41, 5.74) is 0.574. The first-order valence-corrected chi connectivity index (χ1v) is 5.37. The second kappa shape index (κ2) is 6.48. The van der Waals surface area contributed by atoms with Crippen molar-refractivity contribution in [1.82, 2.24) is 5.32 Å². The summed E-state index contributed by atoms with van der Waals surface area (Å²) in [7, 11) is 0. The summed E-state index contributed by atoms with van der Waals surface area (Å²) in [6, 6.07) is 6.03. The van der Waals surface area contributed by atoms with E-state index in [9.17, 15) is 9.18 Å². The van der Waals surface area contributed by atoms with E-state index in [0.29, 0.717) is 18.8 Å². The zero-order chi connectivity index (χ0) is 12.7. The maximum atomic E-state index is 13.4. The SMILES string of the molecule is CCNC(=O)CCNc1ccc(C#N)cc1F. The summed E-state index contributed by atoms with van der Waals surface area (Å²) in [6.45, 7) is 2.78. The van der Waals surface area contributed by atoms with Crippen LogP contribution in [0.2, 0.25) is 0 Å². The Hall–Kier alpha value is -2.09. The lowest BCUT2D eigenvalue weighted by Crippen LogP contribution is -2.24. The third-order valence-electron chi connectivity index (χ3n) is 2.14. The highest BCUT2D eigenvalue weighted by molar-refractivity contribution is 5.76. The minimum Gasteiger partial charge on any atom is -0.382 e. The van der Waals surface area contributed by atoms with Crippen LogP contribution in [0.4, 0.5) is 10.1 Å². The van der Waals surface area contributed by atoms with Gasteiger partial charge in [0, 0.05) is 19.5 Å². The van der Waals surface area contributed by atoms with Gasteiger partial charge in [0.2, 0.25) is 5.91 Å². The van der Waals surface area contributed by atoms with Crippen LogP contribution in [-0.4, -0.2) is 19.0 Å². The fourth-order valence-corrected chi connectivity index (χ4v) is 1.32. The third-order valence-corrected chi connectivity index (χ3v) is 2.14. The molecule has 1 aromatic carbocycles. The van der Waals surface area contributed by atoms with Gasteiger partial charge in [-0.2, -0.15) is 5.26 Å². The molecular formula is C12H14FN3O. The van der Waals surface area contributed by atoms with E-state index < -0.39 is 5.82 Å². The van der Waals surface area contributed by atoms with Crippen LogP contribution in [0.1, 0.15) is 18.9 Å². The molecule has 0 aromatic heterocycles. The number of anilines is 1. The second-order valence-electron chi connectivity index (χ2n) is 3.44. The van der Waals surface area contributed by atoms with Crippen molar-refractivity contribution < 1.29 is 9.18 Å². The lowest BCUT2D eigenvalue weighted by molar-refractivity contribution is -0.120. The van der Waals surface area contributed by atoms with Crippen molar-refractivity contribution in [2.45, 2.75) is 13.3 Å². The van der Waals surface area contributed by atoms with E-state index in [0.717, 1.165) is 6.07 Å². The summed E-state index contributed by atoms with van der Waals surface area (Å²) >= 11 is 0. The summed E-state index contributed by atoms with van der Waals surface area (Å²) in [4.78, 5) is 11.1. The van der Waals surface area contributed by atoms with Crippen molar-refractivity contribution in [1.29, 1.82) is 5.26 Å². The van der Waals surface area contributed by atoms with E-state index >= 15 is 0 Å². The van der Waals surface area contributed by atoms with Crippen molar-refractivity contribution >= 4 is 11.6 Å². The first-order valence-electron chi connectivity index (χ1n) is 5.37. The minimum absolute atomic E-state index is 0.0750. The van der Waals surface area contributed by atoms with Crippen molar-refractivity contribution in [3.8, 4) is 6.07 Å². The number of nitriles is 1. The number of carbonyl (C=O) groups excluding carboxylic acids is 1. The molecule has 2 N–H and O–H groups in total. The molecule has 17 heavy (non-hydrogen) atoms. The van der Waals surface area contributed by atoms with Gasteiger partial charge in [0.05, 0.1) is 17.3 Å². The van der Waals surface area contributed by atoms with Crippen LogP contribution in [0.5, 0.6) is 0 Å². The minimum atomic E-state index is -0.486. The van der Waals surface area contributed by atoms with E-state index in [1.807, 2.05) is 13.0 Å². The Kier molecular flexibility index (Phi) is 4.95. The number of benzene rings is 1. The van der Waals surface area contributed by atoms with Crippen molar-refractivity contribution in [2.24, 2.45) is 0 Å². The number of amides is 1. The first kappa shape index (κ1) is 13.0. The van der Waals surface area contributed by atoms with Gasteiger partial charge < -0.3 is 10.6 Å². The highest BCUT2D eigenvalue weighted by Gasteiger charge is 2.04. The molecule has 0 bridgehead atoms. The number of rotatable bonds is 5. The highest BCUT2D eigenvalue weighted by atomic mass is 19.1. The Morgan fingerprint density at radius 3 is 2.88 bits per heavy atom. The van der Waals surface area contributed by atoms with Gasteiger partial charge in [-0.3, -0.25) is 4.79 Å². The molecule has 5 heteroatoms. The van der Waals surface area contributed by atoms with Crippen LogP contribution in [-0.2, 0) is 4.79 Å². The predicted octanol–water partition coefficient (Wildman–Crippen LogP) is 1.64. The Morgan fingerprint density at radius 1 is 1.53 bits per heavy atom. The average molecular weight is 235 g/mol. The molecule has 1 rings (SSSR count). The maximum Gasteiger partial charge on any atom is 0.221 e. The number of nitrogens with zero attached hydrogens (tertiary/aromatic N) is 1. The maximum absolute atomic E-state index is 13.4. The van der Waals surface area contributed by atoms with Gasteiger partial charge in [0.15, 0.2) is 0 Å². The van der Waals surface area contributed by atoms with Gasteiger partial charge in [-0.1, -0.05) is 0 Å². The quantitative estimate of drug-likeness (QED) is 0.815. The first-order chi connectivity index (χ1) is 8.17. The fourth-order valence-electron chi connectivity index (χ4n) is 1.32. The molecule has 0 aliphatic rings. The average Bonchev–Trinajstić information content (AvgIpc) is 2.31. The Bertz CT molecular complexity index is 440. The smallest absolute Gasteiger partial charge is 0.221 e. The monoisotopic (exact) mass is 235 g/mol. The third kappa shape index (κ3) is 4.11. The molecule has 0 saturated heterocycles. The van der Waals surface area contributed by atoms with Gasteiger partial charge in [0.25, 0.3) is 0 Å². The van der Waals surface area contributed by atoms with Gasteiger partial charge in [-0.15, -0.1) is 0 Å². The molecule has 0 spiro atoms. The van der Waals surface area contributed by atoms with Gasteiger partial charge in [0.1, 0.15) is 5.82 Å². The van der Waals surface area contributed by atoms with Crippen LogP contribution in [0.25, 0.3) is 0 Å². The topological polar surface area (TPSA) is 64.9 Å². The molecule has 0 radical (unpaired) electrons. The Morgan fingerprint density at radius 2 is 2.29 bits per heavy atom. The van der Waals surface area contributed by atoms with Gasteiger partial charge in [-0.25, -0.2) is 4.39 Å². The summed E-state index contributed by atoms with van der Waals surface area (Å²) in [5, 5.41) is 14.0. The Balaban J connectivity index is 2.47. The number of hydrogen-bond acceptors (Lipinski definition) is 3. The van der Waals surface area contributed by atoms with Crippen molar-refractivity contribution in [2.75, 3.05) is 18.4 Å². The van der Waals surface area contributed by atoms with Crippen LogP contribution in [0.15, 0.2) is 18.2 Å². The van der Waals surface area contributed by atoms with Crippen molar-refractivity contribution in [3.05, 3.63) is 29.6 Å². The zero-order valence-electron chi connectivity index (χ0n) is 9.59. The van der Waals surface area contributed by atoms with Crippen LogP contribution < -0.4 is 10.6 Å². The van der Waals surface area contributed by atoms with E-state index in [1.165, 1.54) is 12.1 Å². The largest absolute Gasteiger partial charge is 0.382 e. The number of nitrogens with one attached hydrogen (secondary N) is 2. The van der Waals surface area contributed by atoms with Crippen LogP contribution >= 0.6 is 0 Å². The second-order valence-corrected chi connectivity index (χ2v) is 3.44. The lowest BCUT2D eigenvalue weighted by Gasteiger charge is -2.07. The summed E-state index contributed by atoms with van der Waals surface area (Å²) in [5.74, 6) is -0.561.